The lowest BCUT2D eigenvalue weighted by Crippen LogP contribution is -2.12. The molecule has 0 radical (unpaired) electrons. The third-order valence-electron chi connectivity index (χ3n) is 4.48. The van der Waals surface area contributed by atoms with Gasteiger partial charge < -0.3 is 10.1 Å². The Labute approximate surface area is 169 Å². The van der Waals surface area contributed by atoms with Gasteiger partial charge in [-0.15, -0.1) is 0 Å². The number of carbonyl (C=O) groups is 1. The summed E-state index contributed by atoms with van der Waals surface area (Å²) in [5.74, 6) is 0.686. The summed E-state index contributed by atoms with van der Waals surface area (Å²) in [5, 5.41) is 7.13. The van der Waals surface area contributed by atoms with Crippen molar-refractivity contribution in [2.75, 3.05) is 5.32 Å². The summed E-state index contributed by atoms with van der Waals surface area (Å²) in [6, 6.07) is 26.8. The van der Waals surface area contributed by atoms with E-state index in [4.69, 9.17) is 4.74 Å². The molecule has 144 valence electrons. The summed E-state index contributed by atoms with van der Waals surface area (Å²) < 4.78 is 7.59. The Morgan fingerprint density at radius 1 is 0.862 bits per heavy atom. The highest BCUT2D eigenvalue weighted by molar-refractivity contribution is 6.04. The quantitative estimate of drug-likeness (QED) is 0.500. The maximum atomic E-state index is 12.5. The van der Waals surface area contributed by atoms with Crippen LogP contribution in [0.5, 0.6) is 5.75 Å². The number of hydrogen-bond acceptors (Lipinski definition) is 3. The standard InChI is InChI=1S/C24H21N3O2/c28-24(26-22-13-9-19(10-14-22)17-27-16-4-15-25-27)21-11-7-20(8-12-21)18-29-23-5-2-1-3-6-23/h1-16H,17-18H2,(H,26,28). The molecule has 1 aromatic heterocycles. The number of aromatic nitrogens is 2. The van der Waals surface area contributed by atoms with E-state index in [-0.39, 0.29) is 5.91 Å². The third-order valence-corrected chi connectivity index (χ3v) is 4.48. The molecule has 0 aliphatic rings. The molecule has 0 spiro atoms. The van der Waals surface area contributed by atoms with Crippen molar-refractivity contribution in [3.63, 3.8) is 0 Å². The maximum absolute atomic E-state index is 12.5. The lowest BCUT2D eigenvalue weighted by molar-refractivity contribution is 0.102. The van der Waals surface area contributed by atoms with Crippen LogP contribution in [-0.2, 0) is 13.2 Å². The topological polar surface area (TPSA) is 56.2 Å². The molecule has 0 aliphatic carbocycles. The maximum Gasteiger partial charge on any atom is 0.255 e. The van der Waals surface area contributed by atoms with E-state index in [0.717, 1.165) is 22.6 Å². The van der Waals surface area contributed by atoms with Gasteiger partial charge in [0.25, 0.3) is 5.91 Å². The molecule has 0 fully saturated rings. The van der Waals surface area contributed by atoms with E-state index >= 15 is 0 Å². The summed E-state index contributed by atoms with van der Waals surface area (Å²) >= 11 is 0. The van der Waals surface area contributed by atoms with E-state index in [9.17, 15) is 4.79 Å². The SMILES string of the molecule is O=C(Nc1ccc(Cn2cccn2)cc1)c1ccc(COc2ccccc2)cc1. The van der Waals surface area contributed by atoms with Crippen molar-refractivity contribution in [2.45, 2.75) is 13.2 Å². The van der Waals surface area contributed by atoms with Crippen LogP contribution in [0.2, 0.25) is 0 Å². The van der Waals surface area contributed by atoms with Gasteiger partial charge in [0.05, 0.1) is 6.54 Å². The first-order valence-corrected chi connectivity index (χ1v) is 9.41. The molecule has 0 unspecified atom stereocenters. The van der Waals surface area contributed by atoms with Gasteiger partial charge in [-0.2, -0.15) is 5.10 Å². The number of hydrogen-bond donors (Lipinski definition) is 1. The van der Waals surface area contributed by atoms with E-state index in [1.807, 2.05) is 95.8 Å². The molecule has 1 N–H and O–H groups in total. The average Bonchev–Trinajstić information content (AvgIpc) is 3.28. The van der Waals surface area contributed by atoms with Crippen molar-refractivity contribution >= 4 is 11.6 Å². The second-order valence-corrected chi connectivity index (χ2v) is 6.65. The molecule has 5 nitrogen and oxygen atoms in total. The Balaban J connectivity index is 1.32. The van der Waals surface area contributed by atoms with Gasteiger partial charge in [-0.1, -0.05) is 42.5 Å². The predicted molar refractivity (Wildman–Crippen MR) is 113 cm³/mol. The minimum atomic E-state index is -0.139. The van der Waals surface area contributed by atoms with E-state index in [2.05, 4.69) is 10.4 Å². The van der Waals surface area contributed by atoms with Gasteiger partial charge in [0.2, 0.25) is 0 Å². The van der Waals surface area contributed by atoms with E-state index in [0.29, 0.717) is 18.7 Å². The fourth-order valence-electron chi connectivity index (χ4n) is 2.91. The number of nitrogens with one attached hydrogen (secondary N) is 1. The van der Waals surface area contributed by atoms with Crippen molar-refractivity contribution in [1.29, 1.82) is 0 Å². The largest absolute Gasteiger partial charge is 0.489 e. The normalized spacial score (nSPS) is 10.5. The molecule has 4 aromatic rings. The van der Waals surface area contributed by atoms with Crippen molar-refractivity contribution in [3.8, 4) is 5.75 Å². The average molecular weight is 383 g/mol. The van der Waals surface area contributed by atoms with Crippen molar-refractivity contribution in [1.82, 2.24) is 9.78 Å². The number of benzene rings is 3. The molecule has 0 bridgehead atoms. The van der Waals surface area contributed by atoms with E-state index in [1.165, 1.54) is 0 Å². The Morgan fingerprint density at radius 2 is 1.59 bits per heavy atom. The molecule has 1 heterocycles. The third kappa shape index (κ3) is 5.11. The fraction of sp³-hybridized carbons (Fsp3) is 0.0833. The van der Waals surface area contributed by atoms with Gasteiger partial charge >= 0.3 is 0 Å². The number of ether oxygens (including phenoxy) is 1. The molecular formula is C24H21N3O2. The Hall–Kier alpha value is -3.86. The van der Waals surface area contributed by atoms with E-state index in [1.54, 1.807) is 6.20 Å². The molecular weight excluding hydrogens is 362 g/mol. The van der Waals surface area contributed by atoms with Crippen LogP contribution in [0, 0.1) is 0 Å². The second-order valence-electron chi connectivity index (χ2n) is 6.65. The molecule has 5 heteroatoms. The minimum Gasteiger partial charge on any atom is -0.489 e. The van der Waals surface area contributed by atoms with Crippen LogP contribution < -0.4 is 10.1 Å². The van der Waals surface area contributed by atoms with Gasteiger partial charge in [-0.25, -0.2) is 0 Å². The number of carbonyl (C=O) groups excluding carboxylic acids is 1. The molecule has 4 rings (SSSR count). The minimum absolute atomic E-state index is 0.139. The first-order chi connectivity index (χ1) is 14.3. The molecule has 3 aromatic carbocycles. The Morgan fingerprint density at radius 3 is 2.28 bits per heavy atom. The number of rotatable bonds is 7. The lowest BCUT2D eigenvalue weighted by Gasteiger charge is -2.09. The van der Waals surface area contributed by atoms with Crippen LogP contribution in [0.1, 0.15) is 21.5 Å². The van der Waals surface area contributed by atoms with E-state index < -0.39 is 0 Å². The van der Waals surface area contributed by atoms with Crippen molar-refractivity contribution in [2.24, 2.45) is 0 Å². The summed E-state index contributed by atoms with van der Waals surface area (Å²) in [6.07, 6.45) is 3.68. The highest BCUT2D eigenvalue weighted by Crippen LogP contribution is 2.15. The number of amides is 1. The van der Waals surface area contributed by atoms with Crippen LogP contribution in [0.25, 0.3) is 0 Å². The van der Waals surface area contributed by atoms with Crippen LogP contribution in [-0.4, -0.2) is 15.7 Å². The van der Waals surface area contributed by atoms with Gasteiger partial charge in [0.15, 0.2) is 0 Å². The zero-order valence-electron chi connectivity index (χ0n) is 15.9. The molecule has 1 amide bonds. The summed E-state index contributed by atoms with van der Waals surface area (Å²) in [4.78, 5) is 12.5. The molecule has 0 saturated carbocycles. The number of anilines is 1. The molecule has 29 heavy (non-hydrogen) atoms. The van der Waals surface area contributed by atoms with Gasteiger partial charge in [0.1, 0.15) is 12.4 Å². The molecule has 0 aliphatic heterocycles. The first kappa shape index (κ1) is 18.5. The Bertz CT molecular complexity index is 1040. The van der Waals surface area contributed by atoms with Crippen LogP contribution in [0.15, 0.2) is 97.3 Å². The van der Waals surface area contributed by atoms with Gasteiger partial charge in [-0.05, 0) is 53.6 Å². The molecule has 0 saturated heterocycles. The molecule has 0 atom stereocenters. The number of nitrogens with zero attached hydrogens (tertiary/aromatic N) is 2. The van der Waals surface area contributed by atoms with Crippen molar-refractivity contribution in [3.05, 3.63) is 114 Å². The second kappa shape index (κ2) is 8.89. The van der Waals surface area contributed by atoms with Crippen LogP contribution >= 0.6 is 0 Å². The highest BCUT2D eigenvalue weighted by atomic mass is 16.5. The van der Waals surface area contributed by atoms with Gasteiger partial charge in [-0.3, -0.25) is 9.48 Å². The highest BCUT2D eigenvalue weighted by Gasteiger charge is 2.07. The summed E-state index contributed by atoms with van der Waals surface area (Å²) in [5.41, 5.74) is 3.49. The van der Waals surface area contributed by atoms with Crippen LogP contribution in [0.4, 0.5) is 5.69 Å². The fourth-order valence-corrected chi connectivity index (χ4v) is 2.91. The summed E-state index contributed by atoms with van der Waals surface area (Å²) in [7, 11) is 0. The van der Waals surface area contributed by atoms with Crippen molar-refractivity contribution < 1.29 is 9.53 Å². The zero-order valence-corrected chi connectivity index (χ0v) is 15.9. The van der Waals surface area contributed by atoms with Crippen LogP contribution in [0.3, 0.4) is 0 Å². The zero-order chi connectivity index (χ0) is 19.9. The number of para-hydroxylation sites is 1. The first-order valence-electron chi connectivity index (χ1n) is 9.41. The lowest BCUT2D eigenvalue weighted by atomic mass is 10.1. The smallest absolute Gasteiger partial charge is 0.255 e. The Kier molecular flexibility index (Phi) is 5.67. The summed E-state index contributed by atoms with van der Waals surface area (Å²) in [6.45, 7) is 1.16. The predicted octanol–water partition coefficient (Wildman–Crippen LogP) is 4.76. The monoisotopic (exact) mass is 383 g/mol. The van der Waals surface area contributed by atoms with Gasteiger partial charge in [0, 0.05) is 23.6 Å².